The minimum atomic E-state index is -0.919. The second kappa shape index (κ2) is 5.67. The molecule has 0 saturated carbocycles. The highest BCUT2D eigenvalue weighted by atomic mass is 127. The SMILES string of the molecule is CC(C)C(I)(C(C)C)[SiH](C)c1ccccc1. The molecule has 16 heavy (non-hydrogen) atoms. The van der Waals surface area contributed by atoms with Crippen molar-refractivity contribution in [2.45, 2.75) is 37.3 Å². The quantitative estimate of drug-likeness (QED) is 0.442. The lowest BCUT2D eigenvalue weighted by Crippen LogP contribution is -2.53. The fourth-order valence-electron chi connectivity index (χ4n) is 2.66. The molecule has 0 nitrogen and oxygen atoms in total. The van der Waals surface area contributed by atoms with Gasteiger partial charge in [0.2, 0.25) is 0 Å². The van der Waals surface area contributed by atoms with Crippen LogP contribution in [0.3, 0.4) is 0 Å². The first kappa shape index (κ1) is 14.2. The van der Waals surface area contributed by atoms with E-state index in [4.69, 9.17) is 0 Å². The zero-order valence-corrected chi connectivity index (χ0v) is 14.3. The van der Waals surface area contributed by atoms with Gasteiger partial charge >= 0.3 is 0 Å². The second-order valence-corrected chi connectivity index (χ2v) is 11.4. The predicted molar refractivity (Wildman–Crippen MR) is 85.5 cm³/mol. The van der Waals surface area contributed by atoms with E-state index in [0.29, 0.717) is 3.04 Å². The van der Waals surface area contributed by atoms with Gasteiger partial charge in [0, 0.05) is 3.04 Å². The molecule has 0 radical (unpaired) electrons. The molecule has 0 N–H and O–H groups in total. The van der Waals surface area contributed by atoms with E-state index in [2.05, 4.69) is 87.2 Å². The lowest BCUT2D eigenvalue weighted by atomic mass is 9.99. The number of rotatable bonds is 4. The Morgan fingerprint density at radius 2 is 1.44 bits per heavy atom. The van der Waals surface area contributed by atoms with Crippen LogP contribution in [-0.2, 0) is 0 Å². The summed E-state index contributed by atoms with van der Waals surface area (Å²) in [4.78, 5) is 0. The van der Waals surface area contributed by atoms with Gasteiger partial charge in [-0.05, 0) is 11.8 Å². The molecule has 1 aromatic rings. The van der Waals surface area contributed by atoms with E-state index in [0.717, 1.165) is 11.8 Å². The van der Waals surface area contributed by atoms with Gasteiger partial charge in [0.1, 0.15) is 0 Å². The van der Waals surface area contributed by atoms with Crippen LogP contribution in [0, 0.1) is 11.8 Å². The van der Waals surface area contributed by atoms with E-state index in [1.807, 2.05) is 0 Å². The fraction of sp³-hybridized carbons (Fsp3) is 0.571. The van der Waals surface area contributed by atoms with Crippen molar-refractivity contribution in [2.75, 3.05) is 0 Å². The van der Waals surface area contributed by atoms with Gasteiger partial charge in [-0.15, -0.1) is 0 Å². The summed E-state index contributed by atoms with van der Waals surface area (Å²) in [5.41, 5.74) is 0. The van der Waals surface area contributed by atoms with Crippen molar-refractivity contribution in [1.82, 2.24) is 0 Å². The first-order chi connectivity index (χ1) is 7.40. The van der Waals surface area contributed by atoms with Crippen LogP contribution in [0.5, 0.6) is 0 Å². The molecule has 0 saturated heterocycles. The van der Waals surface area contributed by atoms with E-state index >= 15 is 0 Å². The minimum Gasteiger partial charge on any atom is -0.0818 e. The maximum atomic E-state index is 2.75. The molecule has 0 aliphatic carbocycles. The first-order valence-corrected chi connectivity index (χ1v) is 9.53. The first-order valence-electron chi connectivity index (χ1n) is 6.14. The molecule has 0 fully saturated rings. The van der Waals surface area contributed by atoms with E-state index < -0.39 is 8.80 Å². The van der Waals surface area contributed by atoms with E-state index in [1.165, 1.54) is 0 Å². The van der Waals surface area contributed by atoms with Crippen molar-refractivity contribution >= 4 is 36.6 Å². The summed E-state index contributed by atoms with van der Waals surface area (Å²) in [7, 11) is -0.919. The number of halogens is 1. The van der Waals surface area contributed by atoms with Crippen molar-refractivity contribution in [3.05, 3.63) is 30.3 Å². The van der Waals surface area contributed by atoms with Gasteiger partial charge in [-0.1, -0.05) is 92.4 Å². The molecule has 1 aromatic carbocycles. The van der Waals surface area contributed by atoms with Crippen molar-refractivity contribution in [3.63, 3.8) is 0 Å². The molecule has 0 aliphatic rings. The Labute approximate surface area is 116 Å². The molecule has 0 spiro atoms. The zero-order chi connectivity index (χ0) is 12.3. The van der Waals surface area contributed by atoms with Crippen LogP contribution in [0.1, 0.15) is 27.7 Å². The Kier molecular flexibility index (Phi) is 5.04. The van der Waals surface area contributed by atoms with Crippen LogP contribution < -0.4 is 5.19 Å². The summed E-state index contributed by atoms with van der Waals surface area (Å²) < 4.78 is 0.471. The van der Waals surface area contributed by atoms with Crippen molar-refractivity contribution in [2.24, 2.45) is 11.8 Å². The zero-order valence-electron chi connectivity index (χ0n) is 11.0. The molecule has 0 aromatic heterocycles. The van der Waals surface area contributed by atoms with Gasteiger partial charge in [-0.25, -0.2) is 0 Å². The Morgan fingerprint density at radius 3 is 1.81 bits per heavy atom. The maximum absolute atomic E-state index is 2.75. The Bertz CT molecular complexity index is 311. The third kappa shape index (κ3) is 2.70. The topological polar surface area (TPSA) is 0 Å². The van der Waals surface area contributed by atoms with Gasteiger partial charge in [-0.2, -0.15) is 0 Å². The Balaban J connectivity index is 3.06. The highest BCUT2D eigenvalue weighted by molar-refractivity contribution is 14.1. The third-order valence-electron chi connectivity index (χ3n) is 3.73. The fourth-order valence-corrected chi connectivity index (χ4v) is 7.05. The predicted octanol–water partition coefficient (Wildman–Crippen LogP) is 3.78. The summed E-state index contributed by atoms with van der Waals surface area (Å²) in [5.74, 6) is 1.49. The molecule has 90 valence electrons. The molecular weight excluding hydrogens is 323 g/mol. The van der Waals surface area contributed by atoms with Crippen LogP contribution in [0.15, 0.2) is 30.3 Å². The van der Waals surface area contributed by atoms with Gasteiger partial charge in [-0.3, -0.25) is 0 Å². The lowest BCUT2D eigenvalue weighted by molar-refractivity contribution is 0.452. The number of hydrogen-bond donors (Lipinski definition) is 0. The summed E-state index contributed by atoms with van der Waals surface area (Å²) in [5, 5.41) is 1.60. The summed E-state index contributed by atoms with van der Waals surface area (Å²) >= 11 is 2.75. The van der Waals surface area contributed by atoms with Crippen molar-refractivity contribution in [1.29, 1.82) is 0 Å². The molecule has 1 rings (SSSR count). The molecule has 0 heterocycles. The normalized spacial score (nSPS) is 14.5. The highest BCUT2D eigenvalue weighted by Crippen LogP contribution is 2.38. The molecule has 0 amide bonds. The second-order valence-electron chi connectivity index (χ2n) is 5.27. The van der Waals surface area contributed by atoms with Crippen LogP contribution in [0.2, 0.25) is 6.55 Å². The van der Waals surface area contributed by atoms with Gasteiger partial charge in [0.15, 0.2) is 0 Å². The summed E-state index contributed by atoms with van der Waals surface area (Å²) in [6.07, 6.45) is 0. The minimum absolute atomic E-state index is 0.471. The summed E-state index contributed by atoms with van der Waals surface area (Å²) in [6, 6.07) is 11.1. The van der Waals surface area contributed by atoms with Crippen LogP contribution in [-0.4, -0.2) is 11.8 Å². The Morgan fingerprint density at radius 1 is 1.00 bits per heavy atom. The van der Waals surface area contributed by atoms with Crippen LogP contribution >= 0.6 is 22.6 Å². The maximum Gasteiger partial charge on any atom is 0.0858 e. The monoisotopic (exact) mass is 346 g/mol. The Hall–Kier alpha value is 0.167. The number of hydrogen-bond acceptors (Lipinski definition) is 0. The largest absolute Gasteiger partial charge is 0.0858 e. The highest BCUT2D eigenvalue weighted by Gasteiger charge is 2.40. The molecule has 2 heteroatoms. The smallest absolute Gasteiger partial charge is 0.0818 e. The van der Waals surface area contributed by atoms with Gasteiger partial charge < -0.3 is 0 Å². The van der Waals surface area contributed by atoms with Crippen molar-refractivity contribution < 1.29 is 0 Å². The van der Waals surface area contributed by atoms with Gasteiger partial charge in [0.25, 0.3) is 0 Å². The lowest BCUT2D eigenvalue weighted by Gasteiger charge is -2.41. The van der Waals surface area contributed by atoms with Crippen LogP contribution in [0.25, 0.3) is 0 Å². The molecular formula is C14H23ISi. The average Bonchev–Trinajstić information content (AvgIpc) is 2.27. The molecule has 0 aliphatic heterocycles. The van der Waals surface area contributed by atoms with Crippen LogP contribution in [0.4, 0.5) is 0 Å². The standard InChI is InChI=1S/C14H23ISi/c1-11(2)14(15,12(3)4)16(5)13-9-7-6-8-10-13/h6-12,16H,1-5H3. The molecule has 1 unspecified atom stereocenters. The van der Waals surface area contributed by atoms with E-state index in [9.17, 15) is 0 Å². The third-order valence-corrected chi connectivity index (χ3v) is 13.1. The van der Waals surface area contributed by atoms with E-state index in [1.54, 1.807) is 5.19 Å². The number of alkyl halides is 1. The summed E-state index contributed by atoms with van der Waals surface area (Å²) in [6.45, 7) is 12.0. The number of benzene rings is 1. The molecule has 1 atom stereocenters. The van der Waals surface area contributed by atoms with E-state index in [-0.39, 0.29) is 0 Å². The average molecular weight is 346 g/mol. The van der Waals surface area contributed by atoms with Crippen molar-refractivity contribution in [3.8, 4) is 0 Å². The molecule has 0 bridgehead atoms. The van der Waals surface area contributed by atoms with Gasteiger partial charge in [0.05, 0.1) is 8.80 Å².